The van der Waals surface area contributed by atoms with Gasteiger partial charge in [0.25, 0.3) is 5.19 Å². The third kappa shape index (κ3) is 4.68. The number of rotatable bonds is 5. The molecule has 0 aliphatic rings. The first kappa shape index (κ1) is 18.7. The van der Waals surface area contributed by atoms with Crippen LogP contribution >= 0.6 is 23.1 Å². The smallest absolute Gasteiger partial charge is 0.298 e. The van der Waals surface area contributed by atoms with Crippen LogP contribution in [0.4, 0.5) is 5.69 Å². The van der Waals surface area contributed by atoms with Crippen LogP contribution in [0.1, 0.15) is 39.1 Å². The molecule has 1 heterocycles. The highest BCUT2D eigenvalue weighted by atomic mass is 35.5. The van der Waals surface area contributed by atoms with Crippen molar-refractivity contribution in [3.63, 3.8) is 0 Å². The van der Waals surface area contributed by atoms with E-state index in [1.165, 1.54) is 11.5 Å². The van der Waals surface area contributed by atoms with E-state index in [-0.39, 0.29) is 5.41 Å². The lowest BCUT2D eigenvalue weighted by Gasteiger charge is -2.12. The average Bonchev–Trinajstić information content (AvgIpc) is 2.97. The molecule has 0 bridgehead atoms. The Hall–Kier alpha value is -1.66. The molecule has 2 aromatic rings. The minimum absolute atomic E-state index is 0.103. The van der Waals surface area contributed by atoms with Crippen LogP contribution < -0.4 is 4.74 Å². The summed E-state index contributed by atoms with van der Waals surface area (Å²) >= 11 is 7.57. The van der Waals surface area contributed by atoms with Crippen LogP contribution in [0, 0.1) is 6.92 Å². The van der Waals surface area contributed by atoms with Crippen molar-refractivity contribution in [3.05, 3.63) is 28.5 Å². The highest BCUT2D eigenvalue weighted by Gasteiger charge is 2.20. The molecule has 130 valence electrons. The molecule has 0 spiro atoms. The Kier molecular flexibility index (Phi) is 5.83. The van der Waals surface area contributed by atoms with Crippen LogP contribution in [-0.4, -0.2) is 34.2 Å². The maximum absolute atomic E-state index is 6.33. The van der Waals surface area contributed by atoms with Gasteiger partial charge in [0.2, 0.25) is 0 Å². The van der Waals surface area contributed by atoms with Crippen LogP contribution in [0.15, 0.2) is 17.1 Å². The van der Waals surface area contributed by atoms with E-state index in [1.807, 2.05) is 24.9 Å². The van der Waals surface area contributed by atoms with Gasteiger partial charge in [0.1, 0.15) is 5.75 Å². The fourth-order valence-electron chi connectivity index (χ4n) is 1.75. The molecule has 2 rings (SSSR count). The van der Waals surface area contributed by atoms with Gasteiger partial charge in [-0.3, -0.25) is 0 Å². The largest absolute Gasteiger partial charge is 0.430 e. The molecule has 7 heteroatoms. The first-order valence-corrected chi connectivity index (χ1v) is 8.92. The Morgan fingerprint density at radius 3 is 2.67 bits per heavy atom. The van der Waals surface area contributed by atoms with E-state index < -0.39 is 0 Å². The molecule has 24 heavy (non-hydrogen) atoms. The number of benzene rings is 1. The second kappa shape index (κ2) is 7.49. The van der Waals surface area contributed by atoms with E-state index in [9.17, 15) is 0 Å². The minimum atomic E-state index is -0.103. The maximum atomic E-state index is 6.33. The summed E-state index contributed by atoms with van der Waals surface area (Å²) in [6, 6.07) is 3.68. The number of ether oxygens (including phenoxy) is 1. The highest BCUT2D eigenvalue weighted by molar-refractivity contribution is 7.07. The van der Waals surface area contributed by atoms with Crippen molar-refractivity contribution in [3.8, 4) is 10.9 Å². The number of hydrogen-bond donors (Lipinski definition) is 0. The zero-order valence-electron chi connectivity index (χ0n) is 14.9. The molecule has 1 aromatic heterocycles. The van der Waals surface area contributed by atoms with Crippen molar-refractivity contribution >= 4 is 35.2 Å². The summed E-state index contributed by atoms with van der Waals surface area (Å²) in [7, 11) is 1.96. The zero-order chi connectivity index (χ0) is 17.9. The van der Waals surface area contributed by atoms with Crippen molar-refractivity contribution in [2.24, 2.45) is 4.99 Å². The van der Waals surface area contributed by atoms with Gasteiger partial charge in [-0.1, -0.05) is 32.4 Å². The van der Waals surface area contributed by atoms with E-state index in [1.54, 1.807) is 12.4 Å². The van der Waals surface area contributed by atoms with Crippen molar-refractivity contribution in [2.45, 2.75) is 40.0 Å². The molecule has 0 aliphatic heterocycles. The predicted octanol–water partition coefficient (Wildman–Crippen LogP) is 5.20. The molecule has 0 atom stereocenters. The van der Waals surface area contributed by atoms with Gasteiger partial charge in [-0.2, -0.15) is 9.36 Å². The lowest BCUT2D eigenvalue weighted by molar-refractivity contribution is 0.465. The normalized spacial score (nSPS) is 12.0. The zero-order valence-corrected chi connectivity index (χ0v) is 16.5. The van der Waals surface area contributed by atoms with E-state index >= 15 is 0 Å². The van der Waals surface area contributed by atoms with E-state index in [0.29, 0.717) is 16.0 Å². The van der Waals surface area contributed by atoms with Crippen LogP contribution in [0.2, 0.25) is 5.02 Å². The lowest BCUT2D eigenvalue weighted by Crippen LogP contribution is -2.14. The Morgan fingerprint density at radius 1 is 1.38 bits per heavy atom. The number of aromatic nitrogens is 2. The molecule has 0 N–H and O–H groups in total. The molecule has 0 radical (unpaired) electrons. The Balaban J connectivity index is 2.22. The SMILES string of the molecule is CCN(C)/C=N/c1cc(C)c(Oc2nc(C(C)(C)C)ns2)cc1Cl. The summed E-state index contributed by atoms with van der Waals surface area (Å²) in [5.41, 5.74) is 1.56. The van der Waals surface area contributed by atoms with Crippen LogP contribution in [-0.2, 0) is 5.41 Å². The van der Waals surface area contributed by atoms with E-state index in [4.69, 9.17) is 16.3 Å². The van der Waals surface area contributed by atoms with Gasteiger partial charge in [0, 0.05) is 36.6 Å². The Labute approximate surface area is 152 Å². The van der Waals surface area contributed by atoms with E-state index in [0.717, 1.165) is 23.6 Å². The molecule has 0 aliphatic carbocycles. The highest BCUT2D eigenvalue weighted by Crippen LogP contribution is 2.35. The number of hydrogen-bond acceptors (Lipinski definition) is 5. The fourth-order valence-corrected chi connectivity index (χ4v) is 2.69. The molecular weight excluding hydrogens is 344 g/mol. The number of aliphatic imine (C=N–C) groups is 1. The molecular formula is C17H23ClN4OS. The third-order valence-corrected chi connectivity index (χ3v) is 4.31. The van der Waals surface area contributed by atoms with Crippen molar-refractivity contribution in [1.29, 1.82) is 0 Å². The second-order valence-electron chi connectivity index (χ2n) is 6.62. The van der Waals surface area contributed by atoms with E-state index in [2.05, 4.69) is 42.0 Å². The van der Waals surface area contributed by atoms with Crippen LogP contribution in [0.25, 0.3) is 0 Å². The molecule has 5 nitrogen and oxygen atoms in total. The predicted molar refractivity (Wildman–Crippen MR) is 101 cm³/mol. The van der Waals surface area contributed by atoms with Crippen molar-refractivity contribution in [1.82, 2.24) is 14.3 Å². The Bertz CT molecular complexity index is 737. The summed E-state index contributed by atoms with van der Waals surface area (Å²) in [6.07, 6.45) is 1.77. The van der Waals surface area contributed by atoms with Gasteiger partial charge < -0.3 is 9.64 Å². The molecule has 0 amide bonds. The van der Waals surface area contributed by atoms with Gasteiger partial charge in [0.15, 0.2) is 5.82 Å². The summed E-state index contributed by atoms with van der Waals surface area (Å²) < 4.78 is 10.2. The molecule has 1 aromatic carbocycles. The summed E-state index contributed by atoms with van der Waals surface area (Å²) in [5.74, 6) is 1.44. The van der Waals surface area contributed by atoms with Gasteiger partial charge >= 0.3 is 0 Å². The average molecular weight is 367 g/mol. The van der Waals surface area contributed by atoms with Gasteiger partial charge in [-0.25, -0.2) is 4.99 Å². The summed E-state index contributed by atoms with van der Waals surface area (Å²) in [6.45, 7) is 11.1. The molecule has 0 unspecified atom stereocenters. The Morgan fingerprint density at radius 2 is 2.08 bits per heavy atom. The first-order chi connectivity index (χ1) is 11.2. The van der Waals surface area contributed by atoms with Crippen molar-refractivity contribution < 1.29 is 4.74 Å². The number of halogens is 1. The maximum Gasteiger partial charge on any atom is 0.298 e. The molecule has 0 saturated carbocycles. The fraction of sp³-hybridized carbons (Fsp3) is 0.471. The number of nitrogens with zero attached hydrogens (tertiary/aromatic N) is 4. The molecule has 0 fully saturated rings. The monoisotopic (exact) mass is 366 g/mol. The van der Waals surface area contributed by atoms with Crippen LogP contribution in [0.3, 0.4) is 0 Å². The van der Waals surface area contributed by atoms with Crippen molar-refractivity contribution in [2.75, 3.05) is 13.6 Å². The summed E-state index contributed by atoms with van der Waals surface area (Å²) in [5, 5.41) is 1.05. The molecule has 0 saturated heterocycles. The quantitative estimate of drug-likeness (QED) is 0.539. The van der Waals surface area contributed by atoms with Gasteiger partial charge in [-0.05, 0) is 25.5 Å². The topological polar surface area (TPSA) is 50.6 Å². The van der Waals surface area contributed by atoms with Gasteiger partial charge in [-0.15, -0.1) is 0 Å². The third-order valence-electron chi connectivity index (χ3n) is 3.41. The lowest BCUT2D eigenvalue weighted by atomic mass is 9.96. The number of aryl methyl sites for hydroxylation is 1. The minimum Gasteiger partial charge on any atom is -0.430 e. The first-order valence-electron chi connectivity index (χ1n) is 7.77. The summed E-state index contributed by atoms with van der Waals surface area (Å²) in [4.78, 5) is 10.8. The van der Waals surface area contributed by atoms with Crippen LogP contribution in [0.5, 0.6) is 10.9 Å². The standard InChI is InChI=1S/C17H23ClN4OS/c1-7-22(6)10-19-13-8-11(2)14(9-12(13)18)23-16-20-15(21-24-16)17(3,4)5/h8-10H,7H2,1-6H3/b19-10+. The second-order valence-corrected chi connectivity index (χ2v) is 7.74. The van der Waals surface area contributed by atoms with Gasteiger partial charge in [0.05, 0.1) is 17.0 Å².